The number of amides is 1. The van der Waals surface area contributed by atoms with Crippen molar-refractivity contribution in [3.63, 3.8) is 0 Å². The zero-order chi connectivity index (χ0) is 18.2. The van der Waals surface area contributed by atoms with Gasteiger partial charge < -0.3 is 5.32 Å². The molecule has 3 rings (SSSR count). The minimum absolute atomic E-state index is 0.0328. The van der Waals surface area contributed by atoms with Gasteiger partial charge in [0.25, 0.3) is 10.0 Å². The van der Waals surface area contributed by atoms with Crippen molar-refractivity contribution in [2.24, 2.45) is 5.92 Å². The Labute approximate surface area is 150 Å². The smallest absolute Gasteiger partial charge is 0.261 e. The summed E-state index contributed by atoms with van der Waals surface area (Å²) in [7, 11) is -3.86. The zero-order valence-electron chi connectivity index (χ0n) is 13.7. The number of fused-ring (bicyclic) bond motifs is 1. The Morgan fingerprint density at radius 1 is 1.24 bits per heavy atom. The lowest BCUT2D eigenvalue weighted by molar-refractivity contribution is -0.118. The fourth-order valence-electron chi connectivity index (χ4n) is 2.39. The number of hydrogen-bond donors (Lipinski definition) is 2. The Hall–Kier alpha value is -2.06. The number of benzene rings is 2. The van der Waals surface area contributed by atoms with E-state index in [0.29, 0.717) is 22.7 Å². The first-order chi connectivity index (χ1) is 11.8. The van der Waals surface area contributed by atoms with Crippen LogP contribution in [0.25, 0.3) is 0 Å². The summed E-state index contributed by atoms with van der Waals surface area (Å²) in [5.41, 5.74) is 1.28. The second kappa shape index (κ2) is 6.68. The van der Waals surface area contributed by atoms with Crippen molar-refractivity contribution < 1.29 is 17.6 Å². The lowest BCUT2D eigenvalue weighted by Gasteiger charge is -2.13. The van der Waals surface area contributed by atoms with Crippen LogP contribution in [0.1, 0.15) is 12.5 Å². The molecule has 5 nitrogen and oxygen atoms in total. The summed E-state index contributed by atoms with van der Waals surface area (Å²) >= 11 is 1.51. The largest absolute Gasteiger partial charge is 0.325 e. The first kappa shape index (κ1) is 17.8. The highest BCUT2D eigenvalue weighted by atomic mass is 32.2. The van der Waals surface area contributed by atoms with Gasteiger partial charge in [0.05, 0.1) is 16.3 Å². The standard InChI is InChI=1S/C17H17FN2O3S2/c1-10-7-12(18)3-5-14(10)20-25(22,23)13-4-6-16-15(8-13)19-17(21)11(2)9-24-16/h3-8,11,20H,9H2,1-2H3,(H,19,21). The molecule has 1 atom stereocenters. The van der Waals surface area contributed by atoms with E-state index in [4.69, 9.17) is 0 Å². The number of carbonyl (C=O) groups is 1. The number of aryl methyl sites for hydroxylation is 1. The third-order valence-corrected chi connectivity index (χ3v) is 6.59. The molecule has 0 aromatic heterocycles. The van der Waals surface area contributed by atoms with Gasteiger partial charge in [-0.05, 0) is 48.9 Å². The molecular formula is C17H17FN2O3S2. The molecule has 0 aliphatic carbocycles. The van der Waals surface area contributed by atoms with Gasteiger partial charge in [-0.2, -0.15) is 0 Å². The number of rotatable bonds is 3. The van der Waals surface area contributed by atoms with Crippen LogP contribution in [-0.2, 0) is 14.8 Å². The van der Waals surface area contributed by atoms with Crippen LogP contribution >= 0.6 is 11.8 Å². The quantitative estimate of drug-likeness (QED) is 0.853. The number of halogens is 1. The Balaban J connectivity index is 1.93. The highest BCUT2D eigenvalue weighted by molar-refractivity contribution is 7.99. The molecule has 2 aromatic carbocycles. The van der Waals surface area contributed by atoms with E-state index in [2.05, 4.69) is 10.0 Å². The molecule has 1 unspecified atom stereocenters. The van der Waals surface area contributed by atoms with Crippen molar-refractivity contribution in [3.8, 4) is 0 Å². The van der Waals surface area contributed by atoms with Crippen LogP contribution < -0.4 is 10.0 Å². The van der Waals surface area contributed by atoms with Gasteiger partial charge in [-0.25, -0.2) is 12.8 Å². The van der Waals surface area contributed by atoms with E-state index < -0.39 is 15.8 Å². The minimum Gasteiger partial charge on any atom is -0.325 e. The number of carbonyl (C=O) groups excluding carboxylic acids is 1. The third-order valence-electron chi connectivity index (χ3n) is 3.89. The number of nitrogens with one attached hydrogen (secondary N) is 2. The normalized spacial score (nSPS) is 17.4. The molecule has 132 valence electrons. The minimum atomic E-state index is -3.86. The van der Waals surface area contributed by atoms with Crippen molar-refractivity contribution >= 4 is 39.1 Å². The van der Waals surface area contributed by atoms with Gasteiger partial charge in [0.1, 0.15) is 5.82 Å². The van der Waals surface area contributed by atoms with Crippen LogP contribution in [0, 0.1) is 18.7 Å². The lowest BCUT2D eigenvalue weighted by Crippen LogP contribution is -2.20. The summed E-state index contributed by atoms with van der Waals surface area (Å²) in [6, 6.07) is 8.46. The Morgan fingerprint density at radius 3 is 2.72 bits per heavy atom. The zero-order valence-corrected chi connectivity index (χ0v) is 15.3. The molecule has 0 radical (unpaired) electrons. The van der Waals surface area contributed by atoms with Crippen molar-refractivity contribution in [2.45, 2.75) is 23.6 Å². The molecule has 1 aliphatic rings. The molecular weight excluding hydrogens is 363 g/mol. The van der Waals surface area contributed by atoms with Gasteiger partial charge in [-0.3, -0.25) is 9.52 Å². The van der Waals surface area contributed by atoms with Gasteiger partial charge in [0, 0.05) is 16.6 Å². The van der Waals surface area contributed by atoms with Crippen molar-refractivity contribution in [1.29, 1.82) is 0 Å². The molecule has 0 spiro atoms. The van der Waals surface area contributed by atoms with Crippen LogP contribution in [0.5, 0.6) is 0 Å². The number of hydrogen-bond acceptors (Lipinski definition) is 4. The molecule has 2 N–H and O–H groups in total. The second-order valence-corrected chi connectivity index (χ2v) is 8.67. The maximum atomic E-state index is 13.2. The molecule has 0 fully saturated rings. The predicted octanol–water partition coefficient (Wildman–Crippen LogP) is 3.62. The average Bonchev–Trinajstić information content (AvgIpc) is 2.69. The maximum absolute atomic E-state index is 13.2. The molecule has 0 saturated heterocycles. The van der Waals surface area contributed by atoms with E-state index in [9.17, 15) is 17.6 Å². The first-order valence-corrected chi connectivity index (χ1v) is 10.1. The topological polar surface area (TPSA) is 75.3 Å². The SMILES string of the molecule is Cc1cc(F)ccc1NS(=O)(=O)c1ccc2c(c1)NC(=O)C(C)CS2. The van der Waals surface area contributed by atoms with E-state index in [0.717, 1.165) is 4.90 Å². The Morgan fingerprint density at radius 2 is 2.00 bits per heavy atom. The Kier molecular flexibility index (Phi) is 4.75. The van der Waals surface area contributed by atoms with E-state index in [1.807, 2.05) is 6.92 Å². The summed E-state index contributed by atoms with van der Waals surface area (Å²) in [4.78, 5) is 12.8. The van der Waals surface area contributed by atoms with E-state index >= 15 is 0 Å². The van der Waals surface area contributed by atoms with Crippen LogP contribution in [0.4, 0.5) is 15.8 Å². The highest BCUT2D eigenvalue weighted by Gasteiger charge is 2.23. The monoisotopic (exact) mass is 380 g/mol. The van der Waals surface area contributed by atoms with Crippen molar-refractivity contribution in [3.05, 3.63) is 47.8 Å². The lowest BCUT2D eigenvalue weighted by atomic mass is 10.2. The average molecular weight is 380 g/mol. The van der Waals surface area contributed by atoms with Gasteiger partial charge in [-0.15, -0.1) is 11.8 Å². The number of anilines is 2. The second-order valence-electron chi connectivity index (χ2n) is 5.92. The summed E-state index contributed by atoms with van der Waals surface area (Å²) < 4.78 is 40.9. The fourth-order valence-corrected chi connectivity index (χ4v) is 4.56. The van der Waals surface area contributed by atoms with E-state index in [1.165, 1.54) is 42.1 Å². The molecule has 1 amide bonds. The Bertz CT molecular complexity index is 945. The van der Waals surface area contributed by atoms with Gasteiger partial charge in [0.2, 0.25) is 5.91 Å². The predicted molar refractivity (Wildman–Crippen MR) is 96.9 cm³/mol. The summed E-state index contributed by atoms with van der Waals surface area (Å²) in [6.07, 6.45) is 0. The number of thioether (sulfide) groups is 1. The summed E-state index contributed by atoms with van der Waals surface area (Å²) in [6.45, 7) is 3.45. The van der Waals surface area contributed by atoms with E-state index in [-0.39, 0.29) is 16.7 Å². The molecule has 1 heterocycles. The molecule has 0 saturated carbocycles. The summed E-state index contributed by atoms with van der Waals surface area (Å²) in [5.74, 6) is -0.0854. The highest BCUT2D eigenvalue weighted by Crippen LogP contribution is 2.34. The summed E-state index contributed by atoms with van der Waals surface area (Å²) in [5, 5.41) is 2.77. The van der Waals surface area contributed by atoms with Gasteiger partial charge >= 0.3 is 0 Å². The maximum Gasteiger partial charge on any atom is 0.261 e. The van der Waals surface area contributed by atoms with Crippen LogP contribution in [0.15, 0.2) is 46.2 Å². The van der Waals surface area contributed by atoms with Crippen molar-refractivity contribution in [2.75, 3.05) is 15.8 Å². The van der Waals surface area contributed by atoms with Gasteiger partial charge in [-0.1, -0.05) is 6.92 Å². The van der Waals surface area contributed by atoms with E-state index in [1.54, 1.807) is 13.0 Å². The van der Waals surface area contributed by atoms with Crippen LogP contribution in [0.3, 0.4) is 0 Å². The third kappa shape index (κ3) is 3.80. The molecule has 2 aromatic rings. The number of sulfonamides is 1. The van der Waals surface area contributed by atoms with Crippen LogP contribution in [0.2, 0.25) is 0 Å². The molecule has 1 aliphatic heterocycles. The van der Waals surface area contributed by atoms with Gasteiger partial charge in [0.15, 0.2) is 0 Å². The van der Waals surface area contributed by atoms with Crippen LogP contribution in [-0.4, -0.2) is 20.1 Å². The molecule has 25 heavy (non-hydrogen) atoms. The fraction of sp³-hybridized carbons (Fsp3) is 0.235. The molecule has 0 bridgehead atoms. The molecule has 8 heteroatoms. The van der Waals surface area contributed by atoms with Crippen molar-refractivity contribution in [1.82, 2.24) is 0 Å². The first-order valence-electron chi connectivity index (χ1n) is 7.63.